The summed E-state index contributed by atoms with van der Waals surface area (Å²) >= 11 is 0. The fraction of sp³-hybridized carbons (Fsp3) is 0.448. The molecule has 182 valence electrons. The summed E-state index contributed by atoms with van der Waals surface area (Å²) in [5.74, 6) is 0.107. The predicted octanol–water partition coefficient (Wildman–Crippen LogP) is 7.51. The summed E-state index contributed by atoms with van der Waals surface area (Å²) in [5.41, 5.74) is 10.6. The maximum atomic E-state index is 12.6. The molecule has 0 saturated heterocycles. The summed E-state index contributed by atoms with van der Waals surface area (Å²) in [6, 6.07) is 6.64. The average Bonchev–Trinajstić information content (AvgIpc) is 3.40. The molecule has 0 amide bonds. The molecule has 0 radical (unpaired) electrons. The Hall–Kier alpha value is -2.37. The summed E-state index contributed by atoms with van der Waals surface area (Å²) in [7, 11) is 0.0335. The molecule has 0 aromatic heterocycles. The van der Waals surface area contributed by atoms with Gasteiger partial charge in [-0.3, -0.25) is 0 Å². The highest BCUT2D eigenvalue weighted by molar-refractivity contribution is 8.23. The van der Waals surface area contributed by atoms with Gasteiger partial charge in [0.05, 0.1) is 11.3 Å². The van der Waals surface area contributed by atoms with Gasteiger partial charge in [0.1, 0.15) is 0 Å². The minimum atomic E-state index is -1.03. The first-order valence-corrected chi connectivity index (χ1v) is 13.6. The molecule has 4 nitrogen and oxygen atoms in total. The van der Waals surface area contributed by atoms with E-state index < -0.39 is 17.7 Å². The van der Waals surface area contributed by atoms with Crippen LogP contribution in [0.2, 0.25) is 0 Å². The summed E-state index contributed by atoms with van der Waals surface area (Å²) in [4.78, 5) is 12.6. The van der Waals surface area contributed by atoms with Crippen LogP contribution in [0.25, 0.3) is 16.7 Å². The van der Waals surface area contributed by atoms with Crippen LogP contribution < -0.4 is 4.72 Å². The summed E-state index contributed by atoms with van der Waals surface area (Å²) in [5, 5.41) is 12.6. The zero-order chi connectivity index (χ0) is 24.8. The number of hydrogen-bond donors (Lipinski definition) is 2. The molecule has 0 fully saturated rings. The number of anilines is 1. The summed E-state index contributed by atoms with van der Waals surface area (Å²) in [6.45, 7) is 14.3. The number of ether oxygens (including phenoxy) is 1. The van der Waals surface area contributed by atoms with Crippen LogP contribution in [0.4, 0.5) is 5.69 Å². The Kier molecular flexibility index (Phi) is 6.80. The molecule has 2 unspecified atom stereocenters. The van der Waals surface area contributed by atoms with Gasteiger partial charge in [-0.2, -0.15) is 0 Å². The van der Waals surface area contributed by atoms with Gasteiger partial charge >= 0.3 is 5.97 Å². The number of aliphatic carboxylic acids is 1. The number of carboxylic acids is 1. The fourth-order valence-corrected chi connectivity index (χ4v) is 5.84. The number of rotatable bonds is 7. The molecular formula is C29H37NO3S. The fourth-order valence-electron chi connectivity index (χ4n) is 4.88. The second kappa shape index (κ2) is 9.35. The Morgan fingerprint density at radius 3 is 2.32 bits per heavy atom. The highest BCUT2D eigenvalue weighted by Gasteiger charge is 2.35. The second-order valence-electron chi connectivity index (χ2n) is 10.5. The van der Waals surface area contributed by atoms with E-state index in [0.717, 1.165) is 53.0 Å². The minimum absolute atomic E-state index is 0.0335. The lowest BCUT2D eigenvalue weighted by atomic mass is 9.82. The van der Waals surface area contributed by atoms with Crippen LogP contribution in [0.15, 0.2) is 24.3 Å². The monoisotopic (exact) mass is 479 g/mol. The third-order valence-corrected chi connectivity index (χ3v) is 7.86. The standard InChI is InChI=1S/C29H37NO3S/c1-17-12-13-22(16-18(17)2)24-19(3)23(21-10-8-9-11-21)25(20(4)26(24)30-34-14-15-34)27(28(31)32)33-29(5,6)7/h10,12-14,16,27,30H,8-9,11,15H2,1-7H3,(H,31,32). The van der Waals surface area contributed by atoms with Gasteiger partial charge in [-0.05, 0) is 112 Å². The van der Waals surface area contributed by atoms with Gasteiger partial charge in [0, 0.05) is 16.9 Å². The largest absolute Gasteiger partial charge is 0.479 e. The van der Waals surface area contributed by atoms with Gasteiger partial charge in [0.25, 0.3) is 0 Å². The van der Waals surface area contributed by atoms with Crippen LogP contribution in [0.5, 0.6) is 0 Å². The van der Waals surface area contributed by atoms with Crippen molar-refractivity contribution in [3.63, 3.8) is 0 Å². The van der Waals surface area contributed by atoms with Gasteiger partial charge in [0.2, 0.25) is 0 Å². The highest BCUT2D eigenvalue weighted by Crippen LogP contribution is 2.48. The highest BCUT2D eigenvalue weighted by atomic mass is 32.2. The predicted molar refractivity (Wildman–Crippen MR) is 146 cm³/mol. The lowest BCUT2D eigenvalue weighted by Gasteiger charge is -2.31. The lowest BCUT2D eigenvalue weighted by Crippen LogP contribution is -2.29. The Balaban J connectivity index is 2.06. The van der Waals surface area contributed by atoms with Crippen molar-refractivity contribution in [1.82, 2.24) is 0 Å². The number of carbonyl (C=O) groups is 1. The summed E-state index contributed by atoms with van der Waals surface area (Å²) < 4.78 is 9.96. The Labute approximate surface area is 206 Å². The van der Waals surface area contributed by atoms with Crippen molar-refractivity contribution >= 4 is 33.3 Å². The van der Waals surface area contributed by atoms with Crippen LogP contribution in [-0.4, -0.2) is 27.8 Å². The van der Waals surface area contributed by atoms with Crippen molar-refractivity contribution in [1.29, 1.82) is 0 Å². The Bertz CT molecular complexity index is 1220. The van der Waals surface area contributed by atoms with Crippen molar-refractivity contribution in [2.45, 2.75) is 79.4 Å². The van der Waals surface area contributed by atoms with E-state index in [1.807, 2.05) is 20.8 Å². The maximum Gasteiger partial charge on any atom is 0.337 e. The first-order valence-electron chi connectivity index (χ1n) is 12.1. The normalized spacial score (nSPS) is 18.3. The van der Waals surface area contributed by atoms with E-state index >= 15 is 0 Å². The zero-order valence-corrected chi connectivity index (χ0v) is 22.3. The zero-order valence-electron chi connectivity index (χ0n) is 21.5. The SMILES string of the molecule is Cc1ccc(-c2c(C)c(C3=CCCC3)c(C(OC(C)(C)C)C(=O)O)c(C)c2NS2=CC2)cc1C. The average molecular weight is 480 g/mol. The van der Waals surface area contributed by atoms with Gasteiger partial charge in [-0.1, -0.05) is 34.9 Å². The molecule has 1 heterocycles. The smallest absolute Gasteiger partial charge is 0.337 e. The van der Waals surface area contributed by atoms with Crippen LogP contribution in [0, 0.1) is 27.7 Å². The Morgan fingerprint density at radius 1 is 1.09 bits per heavy atom. The van der Waals surface area contributed by atoms with Gasteiger partial charge < -0.3 is 14.6 Å². The van der Waals surface area contributed by atoms with E-state index in [2.05, 4.69) is 62.1 Å². The third-order valence-electron chi connectivity index (χ3n) is 6.73. The van der Waals surface area contributed by atoms with Crippen LogP contribution in [0.1, 0.15) is 79.5 Å². The van der Waals surface area contributed by atoms with E-state index in [4.69, 9.17) is 4.74 Å². The molecule has 5 heteroatoms. The molecule has 2 aliphatic rings. The van der Waals surface area contributed by atoms with Crippen LogP contribution >= 0.6 is 10.7 Å². The number of nitrogens with one attached hydrogen (secondary N) is 1. The molecule has 1 aliphatic carbocycles. The number of carboxylic acid groups (broad SMARTS) is 1. The molecule has 2 N–H and O–H groups in total. The van der Waals surface area contributed by atoms with E-state index in [9.17, 15) is 9.90 Å². The molecule has 2 atom stereocenters. The topological polar surface area (TPSA) is 58.6 Å². The maximum absolute atomic E-state index is 12.6. The van der Waals surface area contributed by atoms with Gasteiger partial charge in [-0.15, -0.1) is 0 Å². The van der Waals surface area contributed by atoms with Crippen molar-refractivity contribution in [3.05, 3.63) is 57.7 Å². The molecule has 0 saturated carbocycles. The molecule has 2 aromatic carbocycles. The molecule has 0 spiro atoms. The van der Waals surface area contributed by atoms with Gasteiger partial charge in [0.15, 0.2) is 6.10 Å². The first-order chi connectivity index (χ1) is 16.0. The third kappa shape index (κ3) is 5.01. The molecular weight excluding hydrogens is 442 g/mol. The molecule has 4 rings (SSSR count). The quantitative estimate of drug-likeness (QED) is 0.404. The minimum Gasteiger partial charge on any atom is -0.479 e. The van der Waals surface area contributed by atoms with Crippen molar-refractivity contribution in [2.75, 3.05) is 10.5 Å². The summed E-state index contributed by atoms with van der Waals surface area (Å²) in [6.07, 6.45) is 4.35. The molecule has 34 heavy (non-hydrogen) atoms. The Morgan fingerprint density at radius 2 is 1.79 bits per heavy atom. The number of aryl methyl sites for hydroxylation is 2. The van der Waals surface area contributed by atoms with Crippen molar-refractivity contribution < 1.29 is 14.6 Å². The van der Waals surface area contributed by atoms with E-state index in [1.165, 1.54) is 27.8 Å². The van der Waals surface area contributed by atoms with E-state index in [0.29, 0.717) is 0 Å². The lowest BCUT2D eigenvalue weighted by molar-refractivity contribution is -0.160. The van der Waals surface area contributed by atoms with Crippen molar-refractivity contribution in [3.8, 4) is 11.1 Å². The van der Waals surface area contributed by atoms with Gasteiger partial charge in [-0.25, -0.2) is 4.79 Å². The second-order valence-corrected chi connectivity index (χ2v) is 12.3. The first kappa shape index (κ1) is 24.7. The number of allylic oxidation sites excluding steroid dienone is 2. The van der Waals surface area contributed by atoms with E-state index in [-0.39, 0.29) is 10.7 Å². The number of hydrogen-bond acceptors (Lipinski definition) is 3. The van der Waals surface area contributed by atoms with Crippen molar-refractivity contribution in [2.24, 2.45) is 0 Å². The molecule has 1 aliphatic heterocycles. The molecule has 0 bridgehead atoms. The number of benzene rings is 2. The molecule has 2 aromatic rings. The van der Waals surface area contributed by atoms with E-state index in [1.54, 1.807) is 0 Å². The van der Waals surface area contributed by atoms with Crippen LogP contribution in [-0.2, 0) is 9.53 Å². The van der Waals surface area contributed by atoms with Crippen LogP contribution in [0.3, 0.4) is 0 Å².